The van der Waals surface area contributed by atoms with Gasteiger partial charge >= 0.3 is 0 Å². The first-order valence-electron chi connectivity index (χ1n) is 3.21. The summed E-state index contributed by atoms with van der Waals surface area (Å²) in [4.78, 5) is 14.8. The van der Waals surface area contributed by atoms with Gasteiger partial charge in [-0.2, -0.15) is 0 Å². The summed E-state index contributed by atoms with van der Waals surface area (Å²) >= 11 is 0. The normalized spacial score (nSPS) is 32.8. The van der Waals surface area contributed by atoms with Crippen LogP contribution in [0.5, 0.6) is 0 Å². The molecule has 0 aromatic rings. The van der Waals surface area contributed by atoms with E-state index in [4.69, 9.17) is 5.26 Å². The molecule has 0 aromatic carbocycles. The molecule has 0 heterocycles. The third kappa shape index (κ3) is 1.43. The van der Waals surface area contributed by atoms with Crippen molar-refractivity contribution in [1.29, 1.82) is 0 Å². The van der Waals surface area contributed by atoms with Gasteiger partial charge in [0, 0.05) is 6.42 Å². The van der Waals surface area contributed by atoms with Crippen LogP contribution in [0.3, 0.4) is 0 Å². The largest absolute Gasteiger partial charge is 0.295 e. The number of allylic oxidation sites excluding steroid dienone is 1. The Hall–Kier alpha value is -0.670. The van der Waals surface area contributed by atoms with E-state index >= 15 is 0 Å². The van der Waals surface area contributed by atoms with Gasteiger partial charge in [0.25, 0.3) is 0 Å². The molecule has 1 N–H and O–H groups in total. The molecule has 0 amide bonds. The van der Waals surface area contributed by atoms with Crippen molar-refractivity contribution in [2.24, 2.45) is 0 Å². The van der Waals surface area contributed by atoms with Crippen LogP contribution >= 0.6 is 0 Å². The van der Waals surface area contributed by atoms with Crippen LogP contribution in [0.1, 0.15) is 19.8 Å². The van der Waals surface area contributed by atoms with Gasteiger partial charge in [-0.05, 0) is 25.5 Å². The number of carbonyl (C=O) groups is 1. The Labute approximate surface area is 59.2 Å². The molecule has 3 heteroatoms. The molecule has 0 fully saturated rings. The van der Waals surface area contributed by atoms with Crippen molar-refractivity contribution in [2.75, 3.05) is 0 Å². The fourth-order valence-corrected chi connectivity index (χ4v) is 0.883. The Kier molecular flexibility index (Phi) is 1.87. The first-order chi connectivity index (χ1) is 4.66. The van der Waals surface area contributed by atoms with Gasteiger partial charge in [-0.1, -0.05) is 0 Å². The minimum absolute atomic E-state index is 0.0922. The van der Waals surface area contributed by atoms with Crippen molar-refractivity contribution in [3.8, 4) is 0 Å². The monoisotopic (exact) mass is 142 g/mol. The molecule has 0 bridgehead atoms. The zero-order chi connectivity index (χ0) is 7.61. The quantitative estimate of drug-likeness (QED) is 0.441. The van der Waals surface area contributed by atoms with E-state index in [-0.39, 0.29) is 5.78 Å². The summed E-state index contributed by atoms with van der Waals surface area (Å²) in [7, 11) is 0. The molecule has 0 aromatic heterocycles. The van der Waals surface area contributed by atoms with Gasteiger partial charge in [0.15, 0.2) is 5.78 Å². The van der Waals surface area contributed by atoms with Crippen LogP contribution in [0.15, 0.2) is 12.2 Å². The standard InChI is InChI=1S/C7H10O3/c1-7(10-9)4-2-6(8)3-5-7/h2,4,9H,3,5H2,1H3. The molecular formula is C7H10O3. The van der Waals surface area contributed by atoms with Gasteiger partial charge in [-0.15, -0.1) is 0 Å². The van der Waals surface area contributed by atoms with Crippen LogP contribution in [0, 0.1) is 0 Å². The van der Waals surface area contributed by atoms with E-state index in [1.54, 1.807) is 13.0 Å². The van der Waals surface area contributed by atoms with E-state index in [1.807, 2.05) is 0 Å². The number of ketones is 1. The maximum absolute atomic E-state index is 10.6. The Bertz CT molecular complexity index is 174. The lowest BCUT2D eigenvalue weighted by molar-refractivity contribution is -0.304. The van der Waals surface area contributed by atoms with Crippen LogP contribution in [0.4, 0.5) is 0 Å². The number of hydrogen-bond acceptors (Lipinski definition) is 3. The summed E-state index contributed by atoms with van der Waals surface area (Å²) in [5.74, 6) is 0.0922. The van der Waals surface area contributed by atoms with Crippen molar-refractivity contribution in [3.05, 3.63) is 12.2 Å². The van der Waals surface area contributed by atoms with Gasteiger partial charge < -0.3 is 0 Å². The summed E-state index contributed by atoms with van der Waals surface area (Å²) in [5.41, 5.74) is -0.645. The Morgan fingerprint density at radius 1 is 1.80 bits per heavy atom. The second-order valence-corrected chi connectivity index (χ2v) is 2.70. The van der Waals surface area contributed by atoms with E-state index < -0.39 is 5.60 Å². The molecule has 1 aliphatic carbocycles. The van der Waals surface area contributed by atoms with Gasteiger partial charge in [-0.25, -0.2) is 4.89 Å². The molecule has 0 aliphatic heterocycles. The van der Waals surface area contributed by atoms with Gasteiger partial charge in [0.2, 0.25) is 0 Å². The molecule has 10 heavy (non-hydrogen) atoms. The molecule has 1 rings (SSSR count). The van der Waals surface area contributed by atoms with Crippen LogP contribution in [-0.4, -0.2) is 16.6 Å². The average Bonchev–Trinajstić information content (AvgIpc) is 1.96. The van der Waals surface area contributed by atoms with Crippen molar-refractivity contribution in [1.82, 2.24) is 0 Å². The summed E-state index contributed by atoms with van der Waals surface area (Å²) in [5, 5.41) is 8.37. The number of hydrogen-bond donors (Lipinski definition) is 1. The first-order valence-corrected chi connectivity index (χ1v) is 3.21. The maximum atomic E-state index is 10.6. The van der Waals surface area contributed by atoms with Crippen LogP contribution < -0.4 is 0 Å². The van der Waals surface area contributed by atoms with Crippen molar-refractivity contribution in [2.45, 2.75) is 25.4 Å². The third-order valence-electron chi connectivity index (χ3n) is 1.70. The van der Waals surface area contributed by atoms with Crippen LogP contribution in [-0.2, 0) is 9.68 Å². The van der Waals surface area contributed by atoms with E-state index in [2.05, 4.69) is 4.89 Å². The smallest absolute Gasteiger partial charge is 0.155 e. The van der Waals surface area contributed by atoms with Crippen LogP contribution in [0.25, 0.3) is 0 Å². The van der Waals surface area contributed by atoms with Crippen molar-refractivity contribution in [3.63, 3.8) is 0 Å². The third-order valence-corrected chi connectivity index (χ3v) is 1.70. The molecule has 0 saturated heterocycles. The molecule has 0 spiro atoms. The topological polar surface area (TPSA) is 46.5 Å². The summed E-state index contributed by atoms with van der Waals surface area (Å²) < 4.78 is 0. The highest BCUT2D eigenvalue weighted by molar-refractivity contribution is 5.90. The minimum atomic E-state index is -0.645. The van der Waals surface area contributed by atoms with Crippen molar-refractivity contribution >= 4 is 5.78 Å². The molecule has 3 nitrogen and oxygen atoms in total. The highest BCUT2D eigenvalue weighted by Gasteiger charge is 2.26. The van der Waals surface area contributed by atoms with E-state index in [1.165, 1.54) is 6.08 Å². The molecule has 1 unspecified atom stereocenters. The Morgan fingerprint density at radius 2 is 2.50 bits per heavy atom. The second-order valence-electron chi connectivity index (χ2n) is 2.70. The molecule has 1 atom stereocenters. The number of rotatable bonds is 1. The molecule has 1 aliphatic rings. The molecule has 0 radical (unpaired) electrons. The predicted molar refractivity (Wildman–Crippen MR) is 35.5 cm³/mol. The minimum Gasteiger partial charge on any atom is -0.295 e. The maximum Gasteiger partial charge on any atom is 0.155 e. The zero-order valence-corrected chi connectivity index (χ0v) is 5.83. The number of carbonyl (C=O) groups excluding carboxylic acids is 1. The van der Waals surface area contributed by atoms with Gasteiger partial charge in [-0.3, -0.25) is 10.1 Å². The van der Waals surface area contributed by atoms with E-state index in [9.17, 15) is 4.79 Å². The molecule has 0 saturated carbocycles. The Balaban J connectivity index is 2.68. The van der Waals surface area contributed by atoms with Gasteiger partial charge in [0.05, 0.1) is 0 Å². The average molecular weight is 142 g/mol. The summed E-state index contributed by atoms with van der Waals surface area (Å²) in [6.45, 7) is 1.73. The molecular weight excluding hydrogens is 132 g/mol. The predicted octanol–water partition coefficient (Wildman–Crippen LogP) is 1.15. The van der Waals surface area contributed by atoms with E-state index in [0.29, 0.717) is 12.8 Å². The highest BCUT2D eigenvalue weighted by atomic mass is 17.1. The fraction of sp³-hybridized carbons (Fsp3) is 0.571. The zero-order valence-electron chi connectivity index (χ0n) is 5.83. The molecule has 56 valence electrons. The summed E-state index contributed by atoms with van der Waals surface area (Å²) in [6, 6.07) is 0. The lowest BCUT2D eigenvalue weighted by Crippen LogP contribution is -2.28. The van der Waals surface area contributed by atoms with Crippen molar-refractivity contribution < 1.29 is 14.9 Å². The van der Waals surface area contributed by atoms with Crippen LogP contribution in [0.2, 0.25) is 0 Å². The SMILES string of the molecule is CC1(OO)C=CC(=O)CC1. The first kappa shape index (κ1) is 7.44. The fourth-order valence-electron chi connectivity index (χ4n) is 0.883. The highest BCUT2D eigenvalue weighted by Crippen LogP contribution is 2.22. The lowest BCUT2D eigenvalue weighted by atomic mass is 9.93. The van der Waals surface area contributed by atoms with E-state index in [0.717, 1.165) is 0 Å². The second kappa shape index (κ2) is 2.52. The Morgan fingerprint density at radius 3 is 2.90 bits per heavy atom. The lowest BCUT2D eigenvalue weighted by Gasteiger charge is -2.23. The summed E-state index contributed by atoms with van der Waals surface area (Å²) in [6.07, 6.45) is 4.03. The van der Waals surface area contributed by atoms with Gasteiger partial charge in [0.1, 0.15) is 5.60 Å².